The second kappa shape index (κ2) is 13.1. The Hall–Kier alpha value is -5.41. The number of anilines is 2. The van der Waals surface area contributed by atoms with Crippen LogP contribution in [0.15, 0.2) is 114 Å². The molecule has 5 rings (SSSR count). The molecule has 0 atom stereocenters. The van der Waals surface area contributed by atoms with Crippen LogP contribution in [-0.4, -0.2) is 30.4 Å². The van der Waals surface area contributed by atoms with Gasteiger partial charge in [0.1, 0.15) is 28.8 Å². The summed E-state index contributed by atoms with van der Waals surface area (Å²) in [4.78, 5) is 52.0. The summed E-state index contributed by atoms with van der Waals surface area (Å²) < 4.78 is 16.3. The molecule has 10 heteroatoms. The fourth-order valence-corrected chi connectivity index (χ4v) is 4.43. The molecule has 4 aromatic rings. The van der Waals surface area contributed by atoms with Gasteiger partial charge in [-0.1, -0.05) is 54.1 Å². The van der Waals surface area contributed by atoms with Gasteiger partial charge in [-0.2, -0.15) is 0 Å². The molecule has 216 valence electrons. The van der Waals surface area contributed by atoms with Crippen LogP contribution in [0.25, 0.3) is 0 Å². The SMILES string of the molecule is CCOc1ccccc1N1C(=O)C(Cl)=C(Nc2ccc(C(=O)Oc3ccc(C(=O)OCc4ccccc4)cc3)cc2)C1=O. The molecule has 0 radical (unpaired) electrons. The van der Waals surface area contributed by atoms with Crippen LogP contribution in [0.5, 0.6) is 11.5 Å². The minimum atomic E-state index is -0.683. The van der Waals surface area contributed by atoms with Crippen molar-refractivity contribution in [2.45, 2.75) is 13.5 Å². The molecule has 2 amide bonds. The van der Waals surface area contributed by atoms with Gasteiger partial charge in [-0.15, -0.1) is 0 Å². The summed E-state index contributed by atoms with van der Waals surface area (Å²) in [6, 6.07) is 28.1. The lowest BCUT2D eigenvalue weighted by atomic mass is 10.2. The second-order valence-corrected chi connectivity index (χ2v) is 9.59. The second-order valence-electron chi connectivity index (χ2n) is 9.21. The predicted octanol–water partition coefficient (Wildman–Crippen LogP) is 6.10. The zero-order valence-corrected chi connectivity index (χ0v) is 23.7. The molecule has 0 saturated heterocycles. The number of carbonyl (C=O) groups excluding carboxylic acids is 4. The van der Waals surface area contributed by atoms with Crippen molar-refractivity contribution in [1.82, 2.24) is 0 Å². The summed E-state index contributed by atoms with van der Waals surface area (Å²) in [7, 11) is 0. The van der Waals surface area contributed by atoms with Gasteiger partial charge in [0.2, 0.25) is 0 Å². The Morgan fingerprint density at radius 3 is 2.09 bits per heavy atom. The number of amides is 2. The third-order valence-electron chi connectivity index (χ3n) is 6.34. The lowest BCUT2D eigenvalue weighted by Gasteiger charge is -2.18. The molecule has 0 unspecified atom stereocenters. The molecule has 1 heterocycles. The van der Waals surface area contributed by atoms with E-state index in [4.69, 9.17) is 25.8 Å². The highest BCUT2D eigenvalue weighted by atomic mass is 35.5. The van der Waals surface area contributed by atoms with E-state index in [1.807, 2.05) is 30.3 Å². The summed E-state index contributed by atoms with van der Waals surface area (Å²) in [5.74, 6) is -1.84. The molecule has 0 saturated carbocycles. The number of hydrogen-bond acceptors (Lipinski definition) is 8. The lowest BCUT2D eigenvalue weighted by molar-refractivity contribution is -0.120. The van der Waals surface area contributed by atoms with Crippen molar-refractivity contribution >= 4 is 46.7 Å². The minimum absolute atomic E-state index is 0.101. The Labute approximate surface area is 252 Å². The van der Waals surface area contributed by atoms with Crippen LogP contribution in [0.2, 0.25) is 0 Å². The van der Waals surface area contributed by atoms with E-state index in [1.54, 1.807) is 43.3 Å². The fourth-order valence-electron chi connectivity index (χ4n) is 4.22. The van der Waals surface area contributed by atoms with E-state index in [0.717, 1.165) is 10.5 Å². The first kappa shape index (κ1) is 29.1. The average molecular weight is 597 g/mol. The zero-order valence-electron chi connectivity index (χ0n) is 22.9. The molecule has 43 heavy (non-hydrogen) atoms. The highest BCUT2D eigenvalue weighted by molar-refractivity contribution is 6.53. The van der Waals surface area contributed by atoms with Gasteiger partial charge in [0, 0.05) is 5.69 Å². The van der Waals surface area contributed by atoms with Crippen molar-refractivity contribution in [3.05, 3.63) is 131 Å². The topological polar surface area (TPSA) is 111 Å². The molecule has 0 aromatic heterocycles. The maximum Gasteiger partial charge on any atom is 0.343 e. The van der Waals surface area contributed by atoms with Gasteiger partial charge >= 0.3 is 11.9 Å². The summed E-state index contributed by atoms with van der Waals surface area (Å²) in [5, 5.41) is 2.60. The number of imide groups is 1. The molecule has 0 spiro atoms. The van der Waals surface area contributed by atoms with E-state index in [-0.39, 0.29) is 34.3 Å². The molecule has 0 fully saturated rings. The summed E-state index contributed by atoms with van der Waals surface area (Å²) in [6.45, 7) is 2.29. The average Bonchev–Trinajstić information content (AvgIpc) is 3.24. The van der Waals surface area contributed by atoms with E-state index < -0.39 is 23.8 Å². The number of nitrogens with zero attached hydrogens (tertiary/aromatic N) is 1. The predicted molar refractivity (Wildman–Crippen MR) is 160 cm³/mol. The smallest absolute Gasteiger partial charge is 0.343 e. The Kier molecular flexibility index (Phi) is 8.83. The maximum absolute atomic E-state index is 13.2. The molecule has 4 aromatic carbocycles. The third kappa shape index (κ3) is 6.58. The summed E-state index contributed by atoms with van der Waals surface area (Å²) in [5.41, 5.74) is 2.03. The largest absolute Gasteiger partial charge is 0.492 e. The standard InChI is InChI=1S/C33H25ClN2O7/c1-2-41-27-11-7-6-10-26(27)36-30(37)28(34)29(31(36)38)35-24-16-12-23(13-17-24)33(40)43-25-18-14-22(15-19-25)32(39)42-20-21-8-4-3-5-9-21/h3-19,35H,2,20H2,1H3. The summed E-state index contributed by atoms with van der Waals surface area (Å²) >= 11 is 6.26. The molecule has 1 N–H and O–H groups in total. The minimum Gasteiger partial charge on any atom is -0.492 e. The Morgan fingerprint density at radius 2 is 1.40 bits per heavy atom. The van der Waals surface area contributed by atoms with Gasteiger partial charge in [-0.3, -0.25) is 9.59 Å². The van der Waals surface area contributed by atoms with Crippen LogP contribution in [-0.2, 0) is 20.9 Å². The number of para-hydroxylation sites is 2. The van der Waals surface area contributed by atoms with Crippen LogP contribution < -0.4 is 19.7 Å². The van der Waals surface area contributed by atoms with Crippen LogP contribution >= 0.6 is 11.6 Å². The number of ether oxygens (including phenoxy) is 3. The number of esters is 2. The quantitative estimate of drug-likeness (QED) is 0.133. The van der Waals surface area contributed by atoms with Gasteiger partial charge in [0.15, 0.2) is 0 Å². The normalized spacial score (nSPS) is 12.7. The molecule has 0 aliphatic carbocycles. The molecule has 1 aliphatic heterocycles. The first-order valence-corrected chi connectivity index (χ1v) is 13.6. The van der Waals surface area contributed by atoms with Gasteiger partial charge < -0.3 is 19.5 Å². The van der Waals surface area contributed by atoms with Gasteiger partial charge in [0.25, 0.3) is 11.8 Å². The van der Waals surface area contributed by atoms with Gasteiger partial charge in [-0.05, 0) is 73.2 Å². The number of nitrogens with one attached hydrogen (secondary N) is 1. The molecular formula is C33H25ClN2O7. The number of halogens is 1. The number of carbonyl (C=O) groups is 4. The number of benzene rings is 4. The zero-order chi connectivity index (χ0) is 30.3. The molecular weight excluding hydrogens is 572 g/mol. The monoisotopic (exact) mass is 596 g/mol. The van der Waals surface area contributed by atoms with Crippen LogP contribution in [0.4, 0.5) is 11.4 Å². The molecule has 0 bridgehead atoms. The van der Waals surface area contributed by atoms with Crippen molar-refractivity contribution < 1.29 is 33.4 Å². The number of hydrogen-bond donors (Lipinski definition) is 1. The highest BCUT2D eigenvalue weighted by Crippen LogP contribution is 2.35. The lowest BCUT2D eigenvalue weighted by Crippen LogP contribution is -2.32. The van der Waals surface area contributed by atoms with Crippen molar-refractivity contribution in [2.75, 3.05) is 16.8 Å². The van der Waals surface area contributed by atoms with Crippen molar-refractivity contribution in [1.29, 1.82) is 0 Å². The van der Waals surface area contributed by atoms with Crippen molar-refractivity contribution in [2.24, 2.45) is 0 Å². The third-order valence-corrected chi connectivity index (χ3v) is 6.69. The van der Waals surface area contributed by atoms with Crippen molar-refractivity contribution in [3.8, 4) is 11.5 Å². The van der Waals surface area contributed by atoms with E-state index in [0.29, 0.717) is 23.6 Å². The fraction of sp³-hybridized carbons (Fsp3) is 0.0909. The van der Waals surface area contributed by atoms with Gasteiger partial charge in [0.05, 0.1) is 23.4 Å². The number of rotatable bonds is 10. The van der Waals surface area contributed by atoms with E-state index in [9.17, 15) is 19.2 Å². The van der Waals surface area contributed by atoms with Crippen molar-refractivity contribution in [3.63, 3.8) is 0 Å². The first-order chi connectivity index (χ1) is 20.9. The van der Waals surface area contributed by atoms with Crippen LogP contribution in [0.3, 0.4) is 0 Å². The Bertz CT molecular complexity index is 1700. The van der Waals surface area contributed by atoms with Gasteiger partial charge in [-0.25, -0.2) is 14.5 Å². The van der Waals surface area contributed by atoms with Crippen LogP contribution in [0.1, 0.15) is 33.2 Å². The van der Waals surface area contributed by atoms with E-state index in [2.05, 4.69) is 5.32 Å². The first-order valence-electron chi connectivity index (χ1n) is 13.3. The molecule has 9 nitrogen and oxygen atoms in total. The van der Waals surface area contributed by atoms with E-state index >= 15 is 0 Å². The Morgan fingerprint density at radius 1 is 0.767 bits per heavy atom. The molecule has 1 aliphatic rings. The highest BCUT2D eigenvalue weighted by Gasteiger charge is 2.40. The van der Waals surface area contributed by atoms with Crippen LogP contribution in [0, 0.1) is 0 Å². The summed E-state index contributed by atoms with van der Waals surface area (Å²) in [6.07, 6.45) is 0. The van der Waals surface area contributed by atoms with E-state index in [1.165, 1.54) is 36.4 Å². The Balaban J connectivity index is 1.19. The maximum atomic E-state index is 13.2.